The molecule has 0 aromatic heterocycles. The number of esters is 2. The first kappa shape index (κ1) is 15.1. The monoisotopic (exact) mass is 269 g/mol. The summed E-state index contributed by atoms with van der Waals surface area (Å²) in [5, 5.41) is 0. The van der Waals surface area contributed by atoms with Crippen molar-refractivity contribution in [3.63, 3.8) is 0 Å². The second kappa shape index (κ2) is 6.84. The van der Waals surface area contributed by atoms with Crippen LogP contribution in [0.2, 0.25) is 0 Å². The lowest BCUT2D eigenvalue weighted by Crippen LogP contribution is -2.32. The number of methoxy groups -OCH3 is 1. The normalized spacial score (nSPS) is 13.5. The van der Waals surface area contributed by atoms with Gasteiger partial charge in [0.15, 0.2) is 0 Å². The van der Waals surface area contributed by atoms with Crippen molar-refractivity contribution < 1.29 is 23.5 Å². The first-order chi connectivity index (χ1) is 9.02. The Hall–Kier alpha value is -1.95. The Morgan fingerprint density at radius 2 is 2.00 bits per heavy atom. The number of alkyl halides is 1. The lowest BCUT2D eigenvalue weighted by molar-refractivity contribution is -0.149. The second-order valence-electron chi connectivity index (χ2n) is 3.76. The fraction of sp³-hybridized carbons (Fsp3) is 0.385. The van der Waals surface area contributed by atoms with E-state index in [1.165, 1.54) is 19.2 Å². The maximum Gasteiger partial charge on any atom is 0.342 e. The average Bonchev–Trinajstić information content (AvgIpc) is 2.45. The third-order valence-corrected chi connectivity index (χ3v) is 2.55. The van der Waals surface area contributed by atoms with Crippen molar-refractivity contribution in [3.05, 3.63) is 35.4 Å². The lowest BCUT2D eigenvalue weighted by Gasteiger charge is -2.18. The van der Waals surface area contributed by atoms with Crippen LogP contribution in [0.1, 0.15) is 28.9 Å². The summed E-state index contributed by atoms with van der Waals surface area (Å²) in [6.07, 6.45) is -2.04. The molecule has 5 nitrogen and oxygen atoms in total. The average molecular weight is 269 g/mol. The van der Waals surface area contributed by atoms with Gasteiger partial charge in [-0.3, -0.25) is 0 Å². The summed E-state index contributed by atoms with van der Waals surface area (Å²) in [7, 11) is 1.21. The number of carbonyl (C=O) groups excluding carboxylic acids is 2. The summed E-state index contributed by atoms with van der Waals surface area (Å²) in [6.45, 7) is 1.63. The molecule has 0 bridgehead atoms. The van der Waals surface area contributed by atoms with E-state index >= 15 is 0 Å². The van der Waals surface area contributed by atoms with Gasteiger partial charge >= 0.3 is 11.9 Å². The van der Waals surface area contributed by atoms with Gasteiger partial charge < -0.3 is 15.2 Å². The highest BCUT2D eigenvalue weighted by molar-refractivity contribution is 5.91. The van der Waals surface area contributed by atoms with Gasteiger partial charge in [0.05, 0.1) is 25.3 Å². The molecule has 19 heavy (non-hydrogen) atoms. The van der Waals surface area contributed by atoms with Gasteiger partial charge in [-0.1, -0.05) is 18.2 Å². The summed E-state index contributed by atoms with van der Waals surface area (Å²) in [6, 6.07) is 4.84. The molecule has 2 atom stereocenters. The summed E-state index contributed by atoms with van der Waals surface area (Å²) in [5.41, 5.74) is 6.01. The fourth-order valence-electron chi connectivity index (χ4n) is 1.61. The van der Waals surface area contributed by atoms with Crippen LogP contribution in [-0.4, -0.2) is 31.8 Å². The molecule has 2 N–H and O–H groups in total. The highest BCUT2D eigenvalue weighted by Gasteiger charge is 2.30. The Kier molecular flexibility index (Phi) is 5.44. The number of carbonyl (C=O) groups is 2. The molecule has 1 aromatic carbocycles. The first-order valence-corrected chi connectivity index (χ1v) is 5.76. The van der Waals surface area contributed by atoms with Gasteiger partial charge in [-0.25, -0.2) is 14.0 Å². The van der Waals surface area contributed by atoms with E-state index < -0.39 is 24.2 Å². The number of ether oxygens (including phenoxy) is 2. The number of hydrogen-bond acceptors (Lipinski definition) is 5. The van der Waals surface area contributed by atoms with Crippen LogP contribution in [-0.2, 0) is 14.3 Å². The van der Waals surface area contributed by atoms with Gasteiger partial charge in [0.25, 0.3) is 0 Å². The molecule has 1 rings (SSSR count). The predicted octanol–water partition coefficient (Wildman–Crippen LogP) is 1.37. The van der Waals surface area contributed by atoms with Crippen LogP contribution in [0, 0.1) is 0 Å². The zero-order valence-corrected chi connectivity index (χ0v) is 10.8. The number of hydrogen-bond donors (Lipinski definition) is 1. The van der Waals surface area contributed by atoms with Crippen molar-refractivity contribution in [3.8, 4) is 0 Å². The smallest absolute Gasteiger partial charge is 0.342 e. The van der Waals surface area contributed by atoms with E-state index in [0.717, 1.165) is 0 Å². The molecule has 0 spiro atoms. The molecular formula is C13H16FNO4. The Morgan fingerprint density at radius 3 is 2.58 bits per heavy atom. The number of halogens is 1. The highest BCUT2D eigenvalue weighted by Crippen LogP contribution is 2.22. The molecule has 6 heteroatoms. The molecule has 0 radical (unpaired) electrons. The second-order valence-corrected chi connectivity index (χ2v) is 3.76. The van der Waals surface area contributed by atoms with Crippen LogP contribution in [0.15, 0.2) is 24.3 Å². The summed E-state index contributed by atoms with van der Waals surface area (Å²) in [4.78, 5) is 22.9. The fourth-order valence-corrected chi connectivity index (χ4v) is 1.61. The topological polar surface area (TPSA) is 78.6 Å². The molecule has 0 saturated carbocycles. The zero-order valence-electron chi connectivity index (χ0n) is 10.8. The first-order valence-electron chi connectivity index (χ1n) is 5.76. The van der Waals surface area contributed by atoms with E-state index in [4.69, 9.17) is 5.73 Å². The van der Waals surface area contributed by atoms with E-state index in [0.29, 0.717) is 0 Å². The lowest BCUT2D eigenvalue weighted by atomic mass is 9.97. The van der Waals surface area contributed by atoms with Crippen LogP contribution in [0.25, 0.3) is 0 Å². The minimum absolute atomic E-state index is 0.0601. The molecule has 0 fully saturated rings. The van der Waals surface area contributed by atoms with Crippen LogP contribution in [0.3, 0.4) is 0 Å². The van der Waals surface area contributed by atoms with Crippen molar-refractivity contribution in [2.45, 2.75) is 19.1 Å². The number of benzene rings is 1. The third-order valence-electron chi connectivity index (χ3n) is 2.55. The van der Waals surface area contributed by atoms with Crippen LogP contribution >= 0.6 is 0 Å². The third kappa shape index (κ3) is 3.51. The Morgan fingerprint density at radius 1 is 1.37 bits per heavy atom. The van der Waals surface area contributed by atoms with Gasteiger partial charge in [-0.2, -0.15) is 0 Å². The van der Waals surface area contributed by atoms with E-state index in [2.05, 4.69) is 9.47 Å². The van der Waals surface area contributed by atoms with E-state index in [1.807, 2.05) is 0 Å². The van der Waals surface area contributed by atoms with Gasteiger partial charge in [-0.15, -0.1) is 0 Å². The number of nitrogens with two attached hydrogens (primary N) is 1. The molecular weight excluding hydrogens is 253 g/mol. The van der Waals surface area contributed by atoms with Crippen molar-refractivity contribution in [1.29, 1.82) is 0 Å². The quantitative estimate of drug-likeness (QED) is 0.817. The van der Waals surface area contributed by atoms with Crippen LogP contribution < -0.4 is 5.73 Å². The maximum absolute atomic E-state index is 13.9. The molecule has 0 aliphatic carbocycles. The highest BCUT2D eigenvalue weighted by atomic mass is 19.1. The predicted molar refractivity (Wildman–Crippen MR) is 66.2 cm³/mol. The molecule has 0 amide bonds. The number of rotatable bonds is 5. The molecule has 0 saturated heterocycles. The van der Waals surface area contributed by atoms with Crippen LogP contribution in [0.4, 0.5) is 4.39 Å². The minimum Gasteiger partial charge on any atom is -0.465 e. The van der Waals surface area contributed by atoms with E-state index in [9.17, 15) is 14.0 Å². The SMILES string of the molecule is CCOC(=O)C(F)[C@H](N)c1ccccc1C(=O)OC. The summed E-state index contributed by atoms with van der Waals surface area (Å²) < 4.78 is 23.0. The van der Waals surface area contributed by atoms with E-state index in [1.54, 1.807) is 19.1 Å². The maximum atomic E-state index is 13.9. The van der Waals surface area contributed by atoms with Gasteiger partial charge in [-0.05, 0) is 18.6 Å². The molecule has 0 aliphatic rings. The van der Waals surface area contributed by atoms with Gasteiger partial charge in [0.2, 0.25) is 6.17 Å². The Balaban J connectivity index is 3.02. The zero-order chi connectivity index (χ0) is 14.4. The molecule has 1 unspecified atom stereocenters. The van der Waals surface area contributed by atoms with Gasteiger partial charge in [0, 0.05) is 0 Å². The van der Waals surface area contributed by atoms with Crippen molar-refractivity contribution in [1.82, 2.24) is 0 Å². The Bertz CT molecular complexity index is 464. The molecule has 104 valence electrons. The summed E-state index contributed by atoms with van der Waals surface area (Å²) >= 11 is 0. The standard InChI is InChI=1S/C13H16FNO4/c1-3-19-13(17)10(14)11(15)8-6-4-5-7-9(8)12(16)18-2/h4-7,10-11H,3,15H2,1-2H3/t10?,11-/m1/s1. The van der Waals surface area contributed by atoms with Crippen molar-refractivity contribution in [2.75, 3.05) is 13.7 Å². The summed E-state index contributed by atoms with van der Waals surface area (Å²) in [5.74, 6) is -1.68. The molecule has 0 heterocycles. The largest absolute Gasteiger partial charge is 0.465 e. The Labute approximate surface area is 110 Å². The van der Waals surface area contributed by atoms with Crippen LogP contribution in [0.5, 0.6) is 0 Å². The molecule has 0 aliphatic heterocycles. The van der Waals surface area contributed by atoms with Gasteiger partial charge in [0.1, 0.15) is 0 Å². The molecule has 1 aromatic rings. The van der Waals surface area contributed by atoms with E-state index in [-0.39, 0.29) is 17.7 Å². The van der Waals surface area contributed by atoms with Crippen molar-refractivity contribution >= 4 is 11.9 Å². The van der Waals surface area contributed by atoms with Crippen molar-refractivity contribution in [2.24, 2.45) is 5.73 Å². The minimum atomic E-state index is -2.04.